The second-order valence-corrected chi connectivity index (χ2v) is 5.22. The average molecular weight is 270 g/mol. The standard InChI is InChI=1S/C16H22N4/c1-5-13(4)18-15-6-7-17-16(20-15)19-14-9-11(2)8-12(3)10-14/h6-10,13H,5H2,1-4H3,(H2,17,18,19,20). The van der Waals surface area contributed by atoms with Gasteiger partial charge in [-0.05, 0) is 56.5 Å². The third-order valence-corrected chi connectivity index (χ3v) is 3.14. The van der Waals surface area contributed by atoms with E-state index >= 15 is 0 Å². The van der Waals surface area contributed by atoms with E-state index in [2.05, 4.69) is 66.5 Å². The van der Waals surface area contributed by atoms with E-state index < -0.39 is 0 Å². The van der Waals surface area contributed by atoms with Crippen LogP contribution in [0.5, 0.6) is 0 Å². The fourth-order valence-corrected chi connectivity index (χ4v) is 2.03. The Balaban J connectivity index is 2.15. The summed E-state index contributed by atoms with van der Waals surface area (Å²) in [6.07, 6.45) is 2.83. The lowest BCUT2D eigenvalue weighted by atomic mass is 10.1. The van der Waals surface area contributed by atoms with Crippen LogP contribution in [-0.2, 0) is 0 Å². The smallest absolute Gasteiger partial charge is 0.229 e. The normalized spacial score (nSPS) is 12.0. The summed E-state index contributed by atoms with van der Waals surface area (Å²) in [4.78, 5) is 8.75. The minimum atomic E-state index is 0.402. The van der Waals surface area contributed by atoms with E-state index in [-0.39, 0.29) is 0 Å². The van der Waals surface area contributed by atoms with Gasteiger partial charge in [-0.25, -0.2) is 4.98 Å². The predicted octanol–water partition coefficient (Wildman–Crippen LogP) is 4.05. The summed E-state index contributed by atoms with van der Waals surface area (Å²) >= 11 is 0. The first-order valence-corrected chi connectivity index (χ1v) is 7.01. The predicted molar refractivity (Wildman–Crippen MR) is 84.6 cm³/mol. The van der Waals surface area contributed by atoms with Crippen LogP contribution in [0.25, 0.3) is 0 Å². The molecule has 0 radical (unpaired) electrons. The number of anilines is 3. The molecule has 1 unspecified atom stereocenters. The van der Waals surface area contributed by atoms with Crippen molar-refractivity contribution in [3.8, 4) is 0 Å². The fraction of sp³-hybridized carbons (Fsp3) is 0.375. The molecular weight excluding hydrogens is 248 g/mol. The van der Waals surface area contributed by atoms with Gasteiger partial charge in [0.25, 0.3) is 0 Å². The molecule has 0 bridgehead atoms. The van der Waals surface area contributed by atoms with Crippen LogP contribution in [0.4, 0.5) is 17.5 Å². The number of aryl methyl sites for hydroxylation is 2. The molecular formula is C16H22N4. The minimum absolute atomic E-state index is 0.402. The van der Waals surface area contributed by atoms with Crippen LogP contribution < -0.4 is 10.6 Å². The van der Waals surface area contributed by atoms with Crippen molar-refractivity contribution in [2.75, 3.05) is 10.6 Å². The Morgan fingerprint density at radius 2 is 1.85 bits per heavy atom. The molecule has 106 valence electrons. The quantitative estimate of drug-likeness (QED) is 0.860. The zero-order chi connectivity index (χ0) is 14.5. The second kappa shape index (κ2) is 6.37. The van der Waals surface area contributed by atoms with Crippen molar-refractivity contribution in [2.24, 2.45) is 0 Å². The monoisotopic (exact) mass is 270 g/mol. The molecule has 1 heterocycles. The number of hydrogen-bond donors (Lipinski definition) is 2. The van der Waals surface area contributed by atoms with E-state index in [4.69, 9.17) is 0 Å². The number of nitrogens with one attached hydrogen (secondary N) is 2. The molecule has 1 aromatic heterocycles. The third-order valence-electron chi connectivity index (χ3n) is 3.14. The average Bonchev–Trinajstić information content (AvgIpc) is 2.37. The van der Waals surface area contributed by atoms with E-state index in [1.807, 2.05) is 6.07 Å². The maximum atomic E-state index is 4.48. The highest BCUT2D eigenvalue weighted by Crippen LogP contribution is 2.18. The maximum Gasteiger partial charge on any atom is 0.229 e. The van der Waals surface area contributed by atoms with E-state index in [0.29, 0.717) is 12.0 Å². The van der Waals surface area contributed by atoms with E-state index in [1.165, 1.54) is 11.1 Å². The molecule has 0 aliphatic carbocycles. The Hall–Kier alpha value is -2.10. The Bertz CT molecular complexity index is 560. The zero-order valence-electron chi connectivity index (χ0n) is 12.6. The molecule has 0 saturated heterocycles. The molecule has 0 spiro atoms. The largest absolute Gasteiger partial charge is 0.367 e. The Kier molecular flexibility index (Phi) is 4.56. The minimum Gasteiger partial charge on any atom is -0.367 e. The molecule has 0 fully saturated rings. The first kappa shape index (κ1) is 14.3. The van der Waals surface area contributed by atoms with Crippen LogP contribution >= 0.6 is 0 Å². The molecule has 0 aliphatic rings. The summed E-state index contributed by atoms with van der Waals surface area (Å²) in [5, 5.41) is 6.60. The molecule has 2 rings (SSSR count). The lowest BCUT2D eigenvalue weighted by molar-refractivity contribution is 0.758. The van der Waals surface area contributed by atoms with Crippen molar-refractivity contribution in [1.82, 2.24) is 9.97 Å². The first-order chi connectivity index (χ1) is 9.56. The van der Waals surface area contributed by atoms with Gasteiger partial charge < -0.3 is 10.6 Å². The van der Waals surface area contributed by atoms with Crippen molar-refractivity contribution < 1.29 is 0 Å². The van der Waals surface area contributed by atoms with Crippen molar-refractivity contribution in [2.45, 2.75) is 40.2 Å². The summed E-state index contributed by atoms with van der Waals surface area (Å²) in [5.74, 6) is 1.46. The highest BCUT2D eigenvalue weighted by atomic mass is 15.1. The number of nitrogens with zero attached hydrogens (tertiary/aromatic N) is 2. The van der Waals surface area contributed by atoms with Crippen molar-refractivity contribution >= 4 is 17.5 Å². The van der Waals surface area contributed by atoms with Crippen molar-refractivity contribution in [3.63, 3.8) is 0 Å². The summed E-state index contributed by atoms with van der Waals surface area (Å²) in [5.41, 5.74) is 3.46. The first-order valence-electron chi connectivity index (χ1n) is 7.01. The summed E-state index contributed by atoms with van der Waals surface area (Å²) in [6.45, 7) is 8.45. The van der Waals surface area contributed by atoms with Crippen LogP contribution in [0, 0.1) is 13.8 Å². The number of benzene rings is 1. The SMILES string of the molecule is CCC(C)Nc1ccnc(Nc2cc(C)cc(C)c2)n1. The van der Waals surface area contributed by atoms with Gasteiger partial charge in [-0.3, -0.25) is 0 Å². The highest BCUT2D eigenvalue weighted by Gasteiger charge is 2.03. The van der Waals surface area contributed by atoms with Gasteiger partial charge in [0.15, 0.2) is 0 Å². The van der Waals surface area contributed by atoms with Gasteiger partial charge in [0.2, 0.25) is 5.95 Å². The van der Waals surface area contributed by atoms with Crippen LogP contribution in [0.3, 0.4) is 0 Å². The van der Waals surface area contributed by atoms with E-state index in [0.717, 1.165) is 17.9 Å². The van der Waals surface area contributed by atoms with Gasteiger partial charge in [0, 0.05) is 17.9 Å². The summed E-state index contributed by atoms with van der Waals surface area (Å²) in [7, 11) is 0. The second-order valence-electron chi connectivity index (χ2n) is 5.22. The highest BCUT2D eigenvalue weighted by molar-refractivity contribution is 5.57. The Labute approximate surface area is 120 Å². The molecule has 1 aromatic carbocycles. The van der Waals surface area contributed by atoms with Gasteiger partial charge in [-0.15, -0.1) is 0 Å². The van der Waals surface area contributed by atoms with E-state index in [1.54, 1.807) is 6.20 Å². The van der Waals surface area contributed by atoms with Gasteiger partial charge in [-0.2, -0.15) is 4.98 Å². The van der Waals surface area contributed by atoms with Crippen LogP contribution in [-0.4, -0.2) is 16.0 Å². The molecule has 2 N–H and O–H groups in total. The van der Waals surface area contributed by atoms with Crippen molar-refractivity contribution in [1.29, 1.82) is 0 Å². The zero-order valence-corrected chi connectivity index (χ0v) is 12.6. The van der Waals surface area contributed by atoms with E-state index in [9.17, 15) is 0 Å². The molecule has 2 aromatic rings. The van der Waals surface area contributed by atoms with Gasteiger partial charge in [0.05, 0.1) is 0 Å². The van der Waals surface area contributed by atoms with Gasteiger partial charge in [0.1, 0.15) is 5.82 Å². The molecule has 4 heteroatoms. The molecule has 0 saturated carbocycles. The Morgan fingerprint density at radius 1 is 1.15 bits per heavy atom. The molecule has 20 heavy (non-hydrogen) atoms. The molecule has 1 atom stereocenters. The molecule has 0 amide bonds. The topological polar surface area (TPSA) is 49.8 Å². The lowest BCUT2D eigenvalue weighted by Gasteiger charge is -2.13. The number of aromatic nitrogens is 2. The third kappa shape index (κ3) is 3.95. The van der Waals surface area contributed by atoms with Crippen molar-refractivity contribution in [3.05, 3.63) is 41.6 Å². The molecule has 0 aliphatic heterocycles. The summed E-state index contributed by atoms with van der Waals surface area (Å²) in [6, 6.07) is 8.61. The Morgan fingerprint density at radius 3 is 2.50 bits per heavy atom. The van der Waals surface area contributed by atoms with Gasteiger partial charge >= 0.3 is 0 Å². The summed E-state index contributed by atoms with van der Waals surface area (Å²) < 4.78 is 0. The van der Waals surface area contributed by atoms with Crippen LogP contribution in [0.15, 0.2) is 30.5 Å². The van der Waals surface area contributed by atoms with Gasteiger partial charge in [-0.1, -0.05) is 13.0 Å². The van der Waals surface area contributed by atoms with Crippen LogP contribution in [0.2, 0.25) is 0 Å². The number of rotatable bonds is 5. The molecule has 4 nitrogen and oxygen atoms in total. The maximum absolute atomic E-state index is 4.48. The lowest BCUT2D eigenvalue weighted by Crippen LogP contribution is -2.14. The van der Waals surface area contributed by atoms with Crippen LogP contribution in [0.1, 0.15) is 31.4 Å². The fourth-order valence-electron chi connectivity index (χ4n) is 2.03. The number of hydrogen-bond acceptors (Lipinski definition) is 4.